The van der Waals surface area contributed by atoms with Gasteiger partial charge in [-0.05, 0) is 50.0 Å². The summed E-state index contributed by atoms with van der Waals surface area (Å²) < 4.78 is 17.5. The van der Waals surface area contributed by atoms with E-state index in [1.807, 2.05) is 42.5 Å². The zero-order valence-corrected chi connectivity index (χ0v) is 21.4. The molecule has 0 spiro atoms. The van der Waals surface area contributed by atoms with E-state index in [4.69, 9.17) is 24.7 Å². The van der Waals surface area contributed by atoms with Crippen LogP contribution >= 0.6 is 0 Å². The standard InChI is InChI=1S/C29H35N3O6/c30-23-10-2-3-11-24(23)32-27(34)13-5-6-14-31-29(35)26-17-20(18-28(38-26)36-16-8-7-15-33)22-19-37-25-12-4-1-9-21(22)25/h1-4,9-12,17,19-20,28,33H,5-8,13-16,18,30H2,(H,31,35)(H,32,34). The van der Waals surface area contributed by atoms with Crippen molar-refractivity contribution >= 4 is 34.2 Å². The highest BCUT2D eigenvalue weighted by Gasteiger charge is 2.30. The quantitative estimate of drug-likeness (QED) is 0.193. The zero-order valence-electron chi connectivity index (χ0n) is 21.4. The first-order chi connectivity index (χ1) is 18.5. The van der Waals surface area contributed by atoms with Crippen molar-refractivity contribution in [1.82, 2.24) is 5.32 Å². The van der Waals surface area contributed by atoms with Crippen molar-refractivity contribution in [2.24, 2.45) is 0 Å². The van der Waals surface area contributed by atoms with Crippen molar-refractivity contribution in [3.05, 3.63) is 72.2 Å². The first-order valence-electron chi connectivity index (χ1n) is 13.0. The summed E-state index contributed by atoms with van der Waals surface area (Å²) in [6, 6.07) is 14.9. The van der Waals surface area contributed by atoms with E-state index in [2.05, 4.69) is 10.6 Å². The van der Waals surface area contributed by atoms with Crippen LogP contribution in [-0.2, 0) is 19.1 Å². The molecule has 9 heteroatoms. The molecule has 1 aromatic heterocycles. The van der Waals surface area contributed by atoms with Crippen LogP contribution in [0.1, 0.15) is 50.0 Å². The molecule has 0 radical (unpaired) electrons. The summed E-state index contributed by atoms with van der Waals surface area (Å²) in [6.45, 7) is 0.936. The van der Waals surface area contributed by atoms with E-state index in [1.54, 1.807) is 18.4 Å². The molecule has 2 atom stereocenters. The maximum Gasteiger partial charge on any atom is 0.286 e. The number of hydrogen-bond acceptors (Lipinski definition) is 7. The molecule has 202 valence electrons. The fraction of sp³-hybridized carbons (Fsp3) is 0.379. The van der Waals surface area contributed by atoms with Gasteiger partial charge in [0.1, 0.15) is 5.58 Å². The summed E-state index contributed by atoms with van der Waals surface area (Å²) >= 11 is 0. The summed E-state index contributed by atoms with van der Waals surface area (Å²) in [5.74, 6) is -0.363. The fourth-order valence-corrected chi connectivity index (χ4v) is 4.37. The molecule has 38 heavy (non-hydrogen) atoms. The van der Waals surface area contributed by atoms with Gasteiger partial charge in [-0.15, -0.1) is 0 Å². The number of benzene rings is 2. The number of aliphatic hydroxyl groups is 1. The number of amides is 2. The minimum Gasteiger partial charge on any atom is -0.464 e. The Hall–Kier alpha value is -3.82. The van der Waals surface area contributed by atoms with Crippen LogP contribution in [-0.4, -0.2) is 43.0 Å². The van der Waals surface area contributed by atoms with Crippen LogP contribution in [0.2, 0.25) is 0 Å². The highest BCUT2D eigenvalue weighted by molar-refractivity contribution is 5.94. The normalized spacial score (nSPS) is 17.0. The monoisotopic (exact) mass is 521 g/mol. The van der Waals surface area contributed by atoms with Crippen molar-refractivity contribution in [3.63, 3.8) is 0 Å². The lowest BCUT2D eigenvalue weighted by Gasteiger charge is -2.29. The predicted octanol–water partition coefficient (Wildman–Crippen LogP) is 4.44. The summed E-state index contributed by atoms with van der Waals surface area (Å²) in [5, 5.41) is 15.7. The number of nitrogens with two attached hydrogens (primary N) is 1. The minimum absolute atomic E-state index is 0.105. The molecule has 0 saturated carbocycles. The summed E-state index contributed by atoms with van der Waals surface area (Å²) in [4.78, 5) is 25.2. The Bertz CT molecular complexity index is 1250. The number of fused-ring (bicyclic) bond motifs is 1. The third kappa shape index (κ3) is 7.36. The minimum atomic E-state index is -0.591. The van der Waals surface area contributed by atoms with E-state index in [0.29, 0.717) is 63.1 Å². The molecule has 9 nitrogen and oxygen atoms in total. The van der Waals surface area contributed by atoms with E-state index in [0.717, 1.165) is 16.5 Å². The topological polar surface area (TPSA) is 136 Å². The number of carbonyl (C=O) groups excluding carboxylic acids is 2. The summed E-state index contributed by atoms with van der Waals surface area (Å²) in [7, 11) is 0. The molecule has 0 saturated heterocycles. The van der Waals surface area contributed by atoms with Gasteiger partial charge >= 0.3 is 0 Å². The van der Waals surface area contributed by atoms with Gasteiger partial charge in [0.15, 0.2) is 5.76 Å². The van der Waals surface area contributed by atoms with Gasteiger partial charge in [-0.1, -0.05) is 30.3 Å². The molecule has 3 aromatic rings. The number of aliphatic hydroxyl groups excluding tert-OH is 1. The van der Waals surface area contributed by atoms with Crippen molar-refractivity contribution in [1.29, 1.82) is 0 Å². The number of allylic oxidation sites excluding steroid dienone is 1. The number of rotatable bonds is 13. The molecule has 2 heterocycles. The molecular formula is C29H35N3O6. The number of furan rings is 1. The Kier molecular flexibility index (Phi) is 9.77. The molecule has 0 fully saturated rings. The van der Waals surface area contributed by atoms with Gasteiger partial charge in [0.25, 0.3) is 5.91 Å². The second-order valence-electron chi connectivity index (χ2n) is 9.26. The van der Waals surface area contributed by atoms with Gasteiger partial charge in [-0.3, -0.25) is 9.59 Å². The molecule has 2 aromatic carbocycles. The number of ether oxygens (including phenoxy) is 2. The Morgan fingerprint density at radius 2 is 1.87 bits per heavy atom. The maximum absolute atomic E-state index is 13.0. The van der Waals surface area contributed by atoms with Crippen molar-refractivity contribution in [2.75, 3.05) is 30.8 Å². The van der Waals surface area contributed by atoms with Gasteiger partial charge in [0.2, 0.25) is 12.2 Å². The average Bonchev–Trinajstić information content (AvgIpc) is 3.36. The van der Waals surface area contributed by atoms with Crippen molar-refractivity contribution < 1.29 is 28.6 Å². The number of unbranched alkanes of at least 4 members (excludes halogenated alkanes) is 2. The second-order valence-corrected chi connectivity index (χ2v) is 9.26. The number of carbonyl (C=O) groups is 2. The van der Waals surface area contributed by atoms with Gasteiger partial charge in [0, 0.05) is 42.9 Å². The number of hydrogen-bond donors (Lipinski definition) is 4. The van der Waals surface area contributed by atoms with Gasteiger partial charge in [-0.2, -0.15) is 0 Å². The predicted molar refractivity (Wildman–Crippen MR) is 145 cm³/mol. The highest BCUT2D eigenvalue weighted by Crippen LogP contribution is 2.36. The molecule has 0 bridgehead atoms. The number of nitrogen functional groups attached to an aromatic ring is 1. The SMILES string of the molecule is Nc1ccccc1NC(=O)CCCCNC(=O)C1=CC(c2coc3ccccc23)CC(OCCCCO)O1. The van der Waals surface area contributed by atoms with Crippen LogP contribution in [0.15, 0.2) is 71.0 Å². The summed E-state index contributed by atoms with van der Waals surface area (Å²) in [5.41, 5.74) is 8.74. The third-order valence-corrected chi connectivity index (χ3v) is 6.40. The molecule has 2 unspecified atom stereocenters. The smallest absolute Gasteiger partial charge is 0.286 e. The lowest BCUT2D eigenvalue weighted by molar-refractivity contribution is -0.146. The Balaban J connectivity index is 1.31. The number of anilines is 2. The first-order valence-corrected chi connectivity index (χ1v) is 13.0. The van der Waals surface area contributed by atoms with Crippen LogP contribution in [0, 0.1) is 0 Å². The van der Waals surface area contributed by atoms with Crippen LogP contribution in [0.3, 0.4) is 0 Å². The van der Waals surface area contributed by atoms with Crippen molar-refractivity contribution in [3.8, 4) is 0 Å². The molecule has 2 amide bonds. The Morgan fingerprint density at radius 1 is 1.05 bits per heavy atom. The molecular weight excluding hydrogens is 486 g/mol. The average molecular weight is 522 g/mol. The number of nitrogens with one attached hydrogen (secondary N) is 2. The van der Waals surface area contributed by atoms with Gasteiger partial charge in [-0.25, -0.2) is 0 Å². The van der Waals surface area contributed by atoms with E-state index in [9.17, 15) is 9.59 Å². The van der Waals surface area contributed by atoms with E-state index >= 15 is 0 Å². The molecule has 4 rings (SSSR count). The molecule has 1 aliphatic heterocycles. The third-order valence-electron chi connectivity index (χ3n) is 6.40. The Labute approximate surface area is 222 Å². The molecule has 0 aliphatic carbocycles. The molecule has 1 aliphatic rings. The zero-order chi connectivity index (χ0) is 26.7. The molecule has 5 N–H and O–H groups in total. The van der Waals surface area contributed by atoms with E-state index in [1.165, 1.54) is 0 Å². The van der Waals surface area contributed by atoms with Crippen LogP contribution < -0.4 is 16.4 Å². The lowest BCUT2D eigenvalue weighted by Crippen LogP contribution is -2.33. The van der Waals surface area contributed by atoms with E-state index < -0.39 is 6.29 Å². The largest absolute Gasteiger partial charge is 0.464 e. The van der Waals surface area contributed by atoms with Gasteiger partial charge < -0.3 is 35.4 Å². The fourth-order valence-electron chi connectivity index (χ4n) is 4.37. The maximum atomic E-state index is 13.0. The Morgan fingerprint density at radius 3 is 2.71 bits per heavy atom. The lowest BCUT2D eigenvalue weighted by atomic mass is 9.92. The van der Waals surface area contributed by atoms with Crippen LogP contribution in [0.5, 0.6) is 0 Å². The first kappa shape index (κ1) is 27.2. The second kappa shape index (κ2) is 13.6. The van der Waals surface area contributed by atoms with Gasteiger partial charge in [0.05, 0.1) is 24.2 Å². The van der Waals surface area contributed by atoms with Crippen LogP contribution in [0.25, 0.3) is 11.0 Å². The number of para-hydroxylation sites is 3. The van der Waals surface area contributed by atoms with Crippen molar-refractivity contribution in [2.45, 2.75) is 50.7 Å². The van der Waals surface area contributed by atoms with Crippen LogP contribution in [0.4, 0.5) is 11.4 Å². The van der Waals surface area contributed by atoms with E-state index in [-0.39, 0.29) is 30.1 Å². The highest BCUT2D eigenvalue weighted by atomic mass is 16.7. The summed E-state index contributed by atoms with van der Waals surface area (Å²) in [6.07, 6.45) is 6.40.